The Balaban J connectivity index is 1.55. The van der Waals surface area contributed by atoms with E-state index in [1.54, 1.807) is 7.11 Å². The Hall–Kier alpha value is -2.21. The highest BCUT2D eigenvalue weighted by Crippen LogP contribution is 2.50. The van der Waals surface area contributed by atoms with E-state index in [4.69, 9.17) is 9.73 Å². The number of thioether (sulfide) groups is 1. The minimum Gasteiger partial charge on any atom is -0.496 e. The first-order valence-corrected chi connectivity index (χ1v) is 11.0. The molecule has 0 N–H and O–H groups in total. The number of benzene rings is 1. The summed E-state index contributed by atoms with van der Waals surface area (Å²) in [5, 5.41) is 1.69. The summed E-state index contributed by atoms with van der Waals surface area (Å²) in [6, 6.07) is 12.9. The molecule has 3 aliphatic heterocycles. The van der Waals surface area contributed by atoms with Gasteiger partial charge in [0, 0.05) is 48.4 Å². The van der Waals surface area contributed by atoms with Crippen LogP contribution in [0.1, 0.15) is 43.1 Å². The van der Waals surface area contributed by atoms with Gasteiger partial charge in [-0.1, -0.05) is 30.8 Å². The number of aliphatic imine (C=N–C) groups is 1. The summed E-state index contributed by atoms with van der Waals surface area (Å²) < 4.78 is 5.89. The lowest BCUT2D eigenvalue weighted by molar-refractivity contribution is 0.307. The van der Waals surface area contributed by atoms with Crippen molar-refractivity contribution in [2.24, 2.45) is 4.99 Å². The predicted molar refractivity (Wildman–Crippen MR) is 115 cm³/mol. The summed E-state index contributed by atoms with van der Waals surface area (Å²) in [5.74, 6) is 0.955. The topological polar surface area (TPSA) is 41.0 Å². The van der Waals surface area contributed by atoms with E-state index in [0.717, 1.165) is 36.2 Å². The Labute approximate surface area is 170 Å². The van der Waals surface area contributed by atoms with E-state index in [1.807, 2.05) is 30.1 Å². The first kappa shape index (κ1) is 17.9. The molecule has 0 aliphatic carbocycles. The first-order valence-electron chi connectivity index (χ1n) is 10.1. The molecule has 0 unspecified atom stereocenters. The molecule has 0 amide bonds. The summed E-state index contributed by atoms with van der Waals surface area (Å²) in [7, 11) is 1.78. The highest BCUT2D eigenvalue weighted by atomic mass is 32.2. The maximum absolute atomic E-state index is 5.89. The SMILES string of the molecule is COc1cc(N2CCCC2)ccc1[C@H]1[C@H](c2ccccn2)N=C2S[C@@H](C)CN21. The Morgan fingerprint density at radius 2 is 2.00 bits per heavy atom. The third kappa shape index (κ3) is 3.04. The molecule has 3 atom stereocenters. The zero-order chi connectivity index (χ0) is 19.1. The summed E-state index contributed by atoms with van der Waals surface area (Å²) in [4.78, 5) is 14.6. The molecule has 0 bridgehead atoms. The van der Waals surface area contributed by atoms with Crippen LogP contribution in [0.5, 0.6) is 5.75 Å². The van der Waals surface area contributed by atoms with E-state index < -0.39 is 0 Å². The van der Waals surface area contributed by atoms with Crippen molar-refractivity contribution in [3.8, 4) is 5.75 Å². The number of methoxy groups -OCH3 is 1. The van der Waals surface area contributed by atoms with Gasteiger partial charge in [-0.2, -0.15) is 0 Å². The number of ether oxygens (including phenoxy) is 1. The third-order valence-corrected chi connectivity index (χ3v) is 6.99. The number of rotatable bonds is 4. The molecule has 28 heavy (non-hydrogen) atoms. The molecule has 0 spiro atoms. The zero-order valence-corrected chi connectivity index (χ0v) is 17.2. The van der Waals surface area contributed by atoms with Crippen LogP contribution in [-0.4, -0.2) is 47.0 Å². The zero-order valence-electron chi connectivity index (χ0n) is 16.4. The maximum atomic E-state index is 5.89. The van der Waals surface area contributed by atoms with Crippen molar-refractivity contribution in [2.45, 2.75) is 37.1 Å². The van der Waals surface area contributed by atoms with Crippen LogP contribution in [0.4, 0.5) is 5.69 Å². The number of fused-ring (bicyclic) bond motifs is 1. The van der Waals surface area contributed by atoms with E-state index in [0.29, 0.717) is 5.25 Å². The monoisotopic (exact) mass is 394 g/mol. The highest BCUT2D eigenvalue weighted by Gasteiger charge is 2.44. The fraction of sp³-hybridized carbons (Fsp3) is 0.455. The van der Waals surface area contributed by atoms with E-state index in [2.05, 4.69) is 46.0 Å². The smallest absolute Gasteiger partial charge is 0.160 e. The number of aromatic nitrogens is 1. The van der Waals surface area contributed by atoms with Gasteiger partial charge >= 0.3 is 0 Å². The molecule has 2 aromatic rings. The second-order valence-electron chi connectivity index (χ2n) is 7.76. The van der Waals surface area contributed by atoms with Crippen LogP contribution >= 0.6 is 11.8 Å². The van der Waals surface area contributed by atoms with Gasteiger partial charge in [0.1, 0.15) is 11.8 Å². The number of hydrogen-bond donors (Lipinski definition) is 0. The summed E-state index contributed by atoms with van der Waals surface area (Å²) in [5.41, 5.74) is 3.48. The van der Waals surface area contributed by atoms with Gasteiger partial charge in [-0.15, -0.1) is 0 Å². The van der Waals surface area contributed by atoms with Crippen LogP contribution in [0, 0.1) is 0 Å². The average molecular weight is 395 g/mol. The molecule has 0 radical (unpaired) electrons. The largest absolute Gasteiger partial charge is 0.496 e. The van der Waals surface area contributed by atoms with Crippen LogP contribution < -0.4 is 9.64 Å². The van der Waals surface area contributed by atoms with Crippen LogP contribution in [-0.2, 0) is 0 Å². The molecule has 5 rings (SSSR count). The highest BCUT2D eigenvalue weighted by molar-refractivity contribution is 8.14. The molecule has 146 valence electrons. The van der Waals surface area contributed by atoms with Crippen molar-refractivity contribution in [3.63, 3.8) is 0 Å². The van der Waals surface area contributed by atoms with Crippen molar-refractivity contribution >= 4 is 22.6 Å². The second kappa shape index (κ2) is 7.32. The van der Waals surface area contributed by atoms with Gasteiger partial charge in [0.25, 0.3) is 0 Å². The predicted octanol–water partition coefficient (Wildman–Crippen LogP) is 4.28. The lowest BCUT2D eigenvalue weighted by Gasteiger charge is -2.29. The van der Waals surface area contributed by atoms with Crippen molar-refractivity contribution in [2.75, 3.05) is 31.6 Å². The molecular weight excluding hydrogens is 368 g/mol. The fourth-order valence-corrected chi connectivity index (χ4v) is 5.66. The Morgan fingerprint density at radius 3 is 2.75 bits per heavy atom. The van der Waals surface area contributed by atoms with Crippen LogP contribution in [0.3, 0.4) is 0 Å². The third-order valence-electron chi connectivity index (χ3n) is 5.89. The van der Waals surface area contributed by atoms with E-state index in [9.17, 15) is 0 Å². The molecule has 5 nitrogen and oxygen atoms in total. The normalized spacial score (nSPS) is 26.5. The van der Waals surface area contributed by atoms with Gasteiger partial charge in [0.05, 0.1) is 18.8 Å². The first-order chi connectivity index (χ1) is 13.7. The lowest BCUT2D eigenvalue weighted by Crippen LogP contribution is -2.29. The number of nitrogens with zero attached hydrogens (tertiary/aromatic N) is 4. The molecule has 1 aromatic carbocycles. The Bertz CT molecular complexity index is 881. The summed E-state index contributed by atoms with van der Waals surface area (Å²) in [6.07, 6.45) is 4.41. The maximum Gasteiger partial charge on any atom is 0.160 e. The quantitative estimate of drug-likeness (QED) is 0.774. The number of hydrogen-bond acceptors (Lipinski definition) is 6. The molecule has 6 heteroatoms. The fourth-order valence-electron chi connectivity index (χ4n) is 4.57. The number of pyridine rings is 1. The van der Waals surface area contributed by atoms with E-state index >= 15 is 0 Å². The van der Waals surface area contributed by atoms with Crippen LogP contribution in [0.15, 0.2) is 47.6 Å². The second-order valence-corrected chi connectivity index (χ2v) is 9.16. The van der Waals surface area contributed by atoms with E-state index in [-0.39, 0.29) is 12.1 Å². The summed E-state index contributed by atoms with van der Waals surface area (Å²) in [6.45, 7) is 5.55. The minimum absolute atomic E-state index is 0.00253. The number of amidine groups is 1. The minimum atomic E-state index is 0.00253. The van der Waals surface area contributed by atoms with Crippen molar-refractivity contribution < 1.29 is 4.74 Å². The van der Waals surface area contributed by atoms with Crippen LogP contribution in [0.25, 0.3) is 0 Å². The van der Waals surface area contributed by atoms with Gasteiger partial charge in [0.2, 0.25) is 0 Å². The van der Waals surface area contributed by atoms with Crippen LogP contribution in [0.2, 0.25) is 0 Å². The molecule has 1 aromatic heterocycles. The van der Waals surface area contributed by atoms with Crippen molar-refractivity contribution in [3.05, 3.63) is 53.9 Å². The van der Waals surface area contributed by atoms with Crippen molar-refractivity contribution in [1.82, 2.24) is 9.88 Å². The van der Waals surface area contributed by atoms with Gasteiger partial charge in [-0.05, 0) is 31.0 Å². The van der Waals surface area contributed by atoms with Gasteiger partial charge < -0.3 is 14.5 Å². The molecule has 2 fully saturated rings. The van der Waals surface area contributed by atoms with Gasteiger partial charge in [-0.25, -0.2) is 0 Å². The molecular formula is C22H26N4OS. The average Bonchev–Trinajstić information content (AvgIpc) is 3.44. The molecule has 0 saturated carbocycles. The van der Waals surface area contributed by atoms with E-state index in [1.165, 1.54) is 24.1 Å². The standard InChI is InChI=1S/C22H26N4OS/c1-15-14-26-21(20(24-22(26)28-15)18-7-3-4-10-23-18)17-9-8-16(13-19(17)27-2)25-11-5-6-12-25/h3-4,7-10,13,15,20-21H,5-6,11-12,14H2,1-2H3/t15-,20-,21-/m0/s1. The van der Waals surface area contributed by atoms with Gasteiger partial charge in [-0.3, -0.25) is 9.98 Å². The molecule has 2 saturated heterocycles. The molecule has 3 aliphatic rings. The Morgan fingerprint density at radius 1 is 1.14 bits per heavy atom. The van der Waals surface area contributed by atoms with Gasteiger partial charge in [0.15, 0.2) is 5.17 Å². The number of anilines is 1. The Kier molecular flexibility index (Phi) is 4.67. The lowest BCUT2D eigenvalue weighted by atomic mass is 9.95. The summed E-state index contributed by atoms with van der Waals surface area (Å²) >= 11 is 1.87. The van der Waals surface area contributed by atoms with Crippen molar-refractivity contribution in [1.29, 1.82) is 0 Å². The molecule has 4 heterocycles.